The molecule has 0 aromatic carbocycles. The summed E-state index contributed by atoms with van der Waals surface area (Å²) >= 11 is 0. The van der Waals surface area contributed by atoms with Gasteiger partial charge in [-0.15, -0.1) is 0 Å². The number of rotatable bonds is 2. The van der Waals surface area contributed by atoms with Gasteiger partial charge in [0.05, 0.1) is 0 Å². The van der Waals surface area contributed by atoms with Gasteiger partial charge in [-0.25, -0.2) is 9.78 Å². The predicted molar refractivity (Wildman–Crippen MR) is 54.0 cm³/mol. The number of amides is 2. The van der Waals surface area contributed by atoms with Gasteiger partial charge >= 0.3 is 6.03 Å². The van der Waals surface area contributed by atoms with Crippen LogP contribution in [0.25, 0.3) is 0 Å². The third kappa shape index (κ3) is 2.22. The minimum absolute atomic E-state index is 0.159. The third-order valence-corrected chi connectivity index (χ3v) is 2.35. The van der Waals surface area contributed by atoms with E-state index in [1.54, 1.807) is 12.3 Å². The third-order valence-electron chi connectivity index (χ3n) is 2.35. The Labute approximate surface area is 82.7 Å². The number of nitrogens with zero attached hydrogens (tertiary/aromatic N) is 1. The molecule has 1 heterocycles. The van der Waals surface area contributed by atoms with Crippen LogP contribution < -0.4 is 10.6 Å². The number of anilines is 1. The molecule has 1 saturated carbocycles. The summed E-state index contributed by atoms with van der Waals surface area (Å²) in [5.41, 5.74) is 0. The maximum absolute atomic E-state index is 11.4. The summed E-state index contributed by atoms with van der Waals surface area (Å²) in [5, 5.41) is 5.55. The average Bonchev–Trinajstić information content (AvgIpc) is 2.13. The Bertz CT molecular complexity index is 308. The zero-order valence-electron chi connectivity index (χ0n) is 7.86. The van der Waals surface area contributed by atoms with Crippen LogP contribution >= 0.6 is 0 Å². The van der Waals surface area contributed by atoms with E-state index >= 15 is 0 Å². The van der Waals surface area contributed by atoms with Crippen LogP contribution in [0.15, 0.2) is 24.4 Å². The maximum Gasteiger partial charge on any atom is 0.320 e. The van der Waals surface area contributed by atoms with E-state index in [2.05, 4.69) is 15.6 Å². The Kier molecular flexibility index (Phi) is 2.62. The van der Waals surface area contributed by atoms with Gasteiger partial charge in [-0.05, 0) is 31.4 Å². The van der Waals surface area contributed by atoms with Crippen molar-refractivity contribution in [2.24, 2.45) is 0 Å². The minimum Gasteiger partial charge on any atom is -0.335 e. The lowest BCUT2D eigenvalue weighted by Gasteiger charge is -2.26. The summed E-state index contributed by atoms with van der Waals surface area (Å²) < 4.78 is 0. The number of aromatic nitrogens is 1. The van der Waals surface area contributed by atoms with Gasteiger partial charge in [0.1, 0.15) is 5.82 Å². The normalized spacial score (nSPS) is 15.7. The molecule has 2 rings (SSSR count). The highest BCUT2D eigenvalue weighted by Crippen LogP contribution is 2.17. The number of nitrogens with one attached hydrogen (secondary N) is 2. The molecule has 1 aliphatic carbocycles. The monoisotopic (exact) mass is 191 g/mol. The van der Waals surface area contributed by atoms with Gasteiger partial charge in [0.2, 0.25) is 0 Å². The number of carbonyl (C=O) groups excluding carboxylic acids is 1. The average molecular weight is 191 g/mol. The van der Waals surface area contributed by atoms with Crippen LogP contribution in [0.5, 0.6) is 0 Å². The second-order valence-corrected chi connectivity index (χ2v) is 3.44. The Balaban J connectivity index is 1.82. The summed E-state index contributed by atoms with van der Waals surface area (Å²) in [6, 6.07) is 5.62. The van der Waals surface area contributed by atoms with Crippen LogP contribution in [0.1, 0.15) is 19.3 Å². The first kappa shape index (κ1) is 8.99. The predicted octanol–water partition coefficient (Wildman–Crippen LogP) is 1.76. The molecule has 4 heteroatoms. The fraction of sp³-hybridized carbons (Fsp3) is 0.400. The van der Waals surface area contributed by atoms with Crippen molar-refractivity contribution in [3.63, 3.8) is 0 Å². The number of hydrogen-bond acceptors (Lipinski definition) is 2. The van der Waals surface area contributed by atoms with E-state index < -0.39 is 0 Å². The van der Waals surface area contributed by atoms with Crippen LogP contribution in [-0.4, -0.2) is 17.1 Å². The Morgan fingerprint density at radius 1 is 1.43 bits per heavy atom. The topological polar surface area (TPSA) is 54.0 Å². The van der Waals surface area contributed by atoms with E-state index in [1.165, 1.54) is 6.42 Å². The molecular weight excluding hydrogens is 178 g/mol. The molecule has 0 radical (unpaired) electrons. The van der Waals surface area contributed by atoms with Crippen molar-refractivity contribution in [3.05, 3.63) is 24.4 Å². The molecule has 1 aromatic heterocycles. The lowest BCUT2D eigenvalue weighted by atomic mass is 9.93. The van der Waals surface area contributed by atoms with Crippen molar-refractivity contribution in [2.75, 3.05) is 5.32 Å². The van der Waals surface area contributed by atoms with Crippen LogP contribution in [-0.2, 0) is 0 Å². The van der Waals surface area contributed by atoms with Crippen molar-refractivity contribution >= 4 is 11.8 Å². The van der Waals surface area contributed by atoms with Crippen molar-refractivity contribution in [3.8, 4) is 0 Å². The fourth-order valence-electron chi connectivity index (χ4n) is 1.33. The number of hydrogen-bond donors (Lipinski definition) is 2. The highest BCUT2D eigenvalue weighted by atomic mass is 16.2. The molecule has 1 aromatic rings. The molecule has 4 nitrogen and oxygen atoms in total. The quantitative estimate of drug-likeness (QED) is 0.748. The second kappa shape index (κ2) is 4.09. The molecule has 1 aliphatic rings. The first-order valence-electron chi connectivity index (χ1n) is 4.83. The van der Waals surface area contributed by atoms with Crippen molar-refractivity contribution in [2.45, 2.75) is 25.3 Å². The van der Waals surface area contributed by atoms with Gasteiger partial charge < -0.3 is 5.32 Å². The van der Waals surface area contributed by atoms with Crippen LogP contribution in [0, 0.1) is 0 Å². The lowest BCUT2D eigenvalue weighted by Crippen LogP contribution is -2.41. The molecule has 14 heavy (non-hydrogen) atoms. The lowest BCUT2D eigenvalue weighted by molar-refractivity contribution is 0.240. The molecule has 0 atom stereocenters. The van der Waals surface area contributed by atoms with Crippen molar-refractivity contribution in [1.29, 1.82) is 0 Å². The molecule has 0 unspecified atom stereocenters. The SMILES string of the molecule is O=C(Nc1ccccn1)NC1CCC1. The standard InChI is InChI=1S/C10H13N3O/c14-10(12-8-4-3-5-8)13-9-6-1-2-7-11-9/h1-2,6-8H,3-5H2,(H2,11,12,13,14). The summed E-state index contributed by atoms with van der Waals surface area (Å²) in [6.45, 7) is 0. The van der Waals surface area contributed by atoms with Crippen LogP contribution in [0.2, 0.25) is 0 Å². The van der Waals surface area contributed by atoms with Crippen LogP contribution in [0.4, 0.5) is 10.6 Å². The fourth-order valence-corrected chi connectivity index (χ4v) is 1.33. The highest BCUT2D eigenvalue weighted by molar-refractivity contribution is 5.88. The van der Waals surface area contributed by atoms with Crippen molar-refractivity contribution in [1.82, 2.24) is 10.3 Å². The zero-order valence-corrected chi connectivity index (χ0v) is 7.86. The zero-order chi connectivity index (χ0) is 9.80. The van der Waals surface area contributed by atoms with Gasteiger partial charge in [0.25, 0.3) is 0 Å². The van der Waals surface area contributed by atoms with Gasteiger partial charge in [0, 0.05) is 12.2 Å². The van der Waals surface area contributed by atoms with Crippen LogP contribution in [0.3, 0.4) is 0 Å². The molecule has 0 bridgehead atoms. The molecule has 0 spiro atoms. The number of urea groups is 1. The molecule has 2 amide bonds. The van der Waals surface area contributed by atoms with Gasteiger partial charge in [-0.3, -0.25) is 5.32 Å². The van der Waals surface area contributed by atoms with E-state index in [9.17, 15) is 4.79 Å². The van der Waals surface area contributed by atoms with Crippen molar-refractivity contribution < 1.29 is 4.79 Å². The van der Waals surface area contributed by atoms with E-state index in [-0.39, 0.29) is 6.03 Å². The molecule has 2 N–H and O–H groups in total. The second-order valence-electron chi connectivity index (χ2n) is 3.44. The van der Waals surface area contributed by atoms with Gasteiger partial charge in [0.15, 0.2) is 0 Å². The smallest absolute Gasteiger partial charge is 0.320 e. The van der Waals surface area contributed by atoms with E-state index in [4.69, 9.17) is 0 Å². The minimum atomic E-state index is -0.159. The van der Waals surface area contributed by atoms with Gasteiger partial charge in [-0.2, -0.15) is 0 Å². The summed E-state index contributed by atoms with van der Waals surface area (Å²) in [5.74, 6) is 0.587. The Morgan fingerprint density at radius 2 is 2.29 bits per heavy atom. The highest BCUT2D eigenvalue weighted by Gasteiger charge is 2.19. The largest absolute Gasteiger partial charge is 0.335 e. The molecular formula is C10H13N3O. The van der Waals surface area contributed by atoms with E-state index in [0.717, 1.165) is 12.8 Å². The van der Waals surface area contributed by atoms with E-state index in [1.807, 2.05) is 12.1 Å². The number of pyridine rings is 1. The molecule has 0 aliphatic heterocycles. The number of carbonyl (C=O) groups is 1. The summed E-state index contributed by atoms with van der Waals surface area (Å²) in [4.78, 5) is 15.4. The summed E-state index contributed by atoms with van der Waals surface area (Å²) in [6.07, 6.45) is 5.05. The molecule has 1 fully saturated rings. The Morgan fingerprint density at radius 3 is 2.86 bits per heavy atom. The Hall–Kier alpha value is -1.58. The first-order chi connectivity index (χ1) is 6.84. The van der Waals surface area contributed by atoms with Gasteiger partial charge in [-0.1, -0.05) is 6.07 Å². The summed E-state index contributed by atoms with van der Waals surface area (Å²) in [7, 11) is 0. The molecule has 74 valence electrons. The maximum atomic E-state index is 11.4. The van der Waals surface area contributed by atoms with E-state index in [0.29, 0.717) is 11.9 Å². The first-order valence-corrected chi connectivity index (χ1v) is 4.83. The molecule has 0 saturated heterocycles.